The van der Waals surface area contributed by atoms with Gasteiger partial charge in [0.2, 0.25) is 17.0 Å². The van der Waals surface area contributed by atoms with Gasteiger partial charge in [-0.2, -0.15) is 4.57 Å². The van der Waals surface area contributed by atoms with E-state index in [-0.39, 0.29) is 4.70 Å². The van der Waals surface area contributed by atoms with E-state index in [9.17, 15) is 0 Å². The first-order valence-corrected chi connectivity index (χ1v) is 17.0. The third kappa shape index (κ3) is 2.14. The molecule has 0 N–H and O–H groups in total. The zero-order chi connectivity index (χ0) is 32.2. The van der Waals surface area contributed by atoms with Crippen molar-refractivity contribution in [2.75, 3.05) is 0 Å². The number of hydrogen-bond donors (Lipinski definition) is 0. The molecule has 230 valence electrons. The minimum atomic E-state index is -0.540. The van der Waals surface area contributed by atoms with Gasteiger partial charge < -0.3 is 4.74 Å². The zero-order valence-corrected chi connectivity index (χ0v) is 26.7. The molecule has 8 heteroatoms. The molecule has 0 bridgehead atoms. The summed E-state index contributed by atoms with van der Waals surface area (Å²) in [4.78, 5) is 9.49. The Hall–Kier alpha value is -6.64. The highest BCUT2D eigenvalue weighted by Gasteiger charge is 2.70. The number of quaternary nitrogens is 1. The van der Waals surface area contributed by atoms with Crippen molar-refractivity contribution in [3.05, 3.63) is 150 Å². The fourth-order valence-electron chi connectivity index (χ4n) is 10.7. The van der Waals surface area contributed by atoms with Crippen LogP contribution in [0.3, 0.4) is 0 Å². The molecule has 1 aliphatic carbocycles. The minimum Gasteiger partial charge on any atom is -0.444 e. The average molecular weight is 643 g/mol. The van der Waals surface area contributed by atoms with Crippen LogP contribution in [0.1, 0.15) is 22.3 Å². The maximum Gasteiger partial charge on any atom is 0.361 e. The van der Waals surface area contributed by atoms with Crippen LogP contribution in [0.15, 0.2) is 128 Å². The molecule has 9 aromatic rings. The van der Waals surface area contributed by atoms with Gasteiger partial charge in [0.15, 0.2) is 18.3 Å². The summed E-state index contributed by atoms with van der Waals surface area (Å²) in [6, 6.07) is 40.4. The molecule has 0 amide bonds. The lowest BCUT2D eigenvalue weighted by Crippen LogP contribution is -2.84. The summed E-state index contributed by atoms with van der Waals surface area (Å²) in [6.07, 6.45) is 5.83. The number of para-hydroxylation sites is 2. The molecule has 4 aliphatic heterocycles. The number of aryl methyl sites for hydroxylation is 1. The number of rotatable bonds is 0. The number of pyridine rings is 1. The smallest absolute Gasteiger partial charge is 0.361 e. The molecule has 0 saturated heterocycles. The maximum atomic E-state index is 7.03. The van der Waals surface area contributed by atoms with Gasteiger partial charge in [0, 0.05) is 16.5 Å². The number of imidazole rings is 1. The van der Waals surface area contributed by atoms with Crippen LogP contribution in [-0.4, -0.2) is 19.1 Å². The molecule has 5 aliphatic rings. The highest BCUT2D eigenvalue weighted by atomic mass is 16.5. The highest BCUT2D eigenvalue weighted by Crippen LogP contribution is 2.66. The Morgan fingerprint density at radius 2 is 1.44 bits per heavy atom. The van der Waals surface area contributed by atoms with Crippen LogP contribution >= 0.6 is 0 Å². The second kappa shape index (κ2) is 7.49. The zero-order valence-electron chi connectivity index (χ0n) is 26.7. The predicted octanol–water partition coefficient (Wildman–Crippen LogP) is 7.28. The fourth-order valence-corrected chi connectivity index (χ4v) is 10.7. The van der Waals surface area contributed by atoms with Crippen LogP contribution in [0, 0.1) is 0 Å². The van der Waals surface area contributed by atoms with Crippen molar-refractivity contribution < 1.29 is 14.1 Å². The maximum absolute atomic E-state index is 7.03. The van der Waals surface area contributed by atoms with E-state index < -0.39 is 5.41 Å². The van der Waals surface area contributed by atoms with Crippen molar-refractivity contribution in [1.29, 1.82) is 0 Å². The number of hydrogen-bond acceptors (Lipinski definition) is 3. The quantitative estimate of drug-likeness (QED) is 0.129. The molecule has 4 aromatic heterocycles. The molecule has 5 aromatic carbocycles. The van der Waals surface area contributed by atoms with Gasteiger partial charge in [-0.05, 0) is 74.1 Å². The lowest BCUT2D eigenvalue weighted by molar-refractivity contribution is -1.01. The van der Waals surface area contributed by atoms with Gasteiger partial charge in [-0.3, -0.25) is 0 Å². The molecule has 8 heterocycles. The molecule has 2 spiro atoms. The molecule has 0 saturated carbocycles. The molecular formula is C42H24N7O+3. The van der Waals surface area contributed by atoms with Crippen molar-refractivity contribution in [3.63, 3.8) is 0 Å². The van der Waals surface area contributed by atoms with Crippen molar-refractivity contribution in [2.45, 2.75) is 5.41 Å². The SMILES string of the molecule is Cn1c2[n+](c3ncncc31)[N+]13c4c(cccc4-2)Oc2ccc4c(c21)-n1c2c(cccc2c2ccc[n+]3c21)C41c2ccccc2-c2ccccc21. The molecule has 50 heavy (non-hydrogen) atoms. The molecule has 1 unspecified atom stereocenters. The van der Waals surface area contributed by atoms with Gasteiger partial charge in [-0.25, -0.2) is 9.55 Å². The first-order chi connectivity index (χ1) is 24.8. The van der Waals surface area contributed by atoms with Gasteiger partial charge in [-0.15, -0.1) is 0 Å². The van der Waals surface area contributed by atoms with Crippen LogP contribution in [0.2, 0.25) is 0 Å². The second-order valence-electron chi connectivity index (χ2n) is 14.1. The van der Waals surface area contributed by atoms with Gasteiger partial charge in [0.25, 0.3) is 5.69 Å². The number of nitrogens with zero attached hydrogens (tertiary/aromatic N) is 7. The molecular weight excluding hydrogens is 619 g/mol. The molecule has 0 radical (unpaired) electrons. The number of fused-ring (bicyclic) bond motifs is 12. The summed E-state index contributed by atoms with van der Waals surface area (Å²) in [5.41, 5.74) is 15.9. The van der Waals surface area contributed by atoms with Gasteiger partial charge in [-0.1, -0.05) is 71.7 Å². The van der Waals surface area contributed by atoms with Gasteiger partial charge in [0.05, 0.1) is 28.7 Å². The standard InChI is InChI=1S/C42H24N7O/c1-45-32-21-43-22-44-39(32)48-40(45)27-12-7-17-33-37(27)49(48)38-34(50-33)19-18-31-36(38)47-35-25(26-13-8-20-46(49)41(26)47)11-6-16-30(35)42(31)28-14-4-2-9-23(28)24-10-3-5-15-29(24)42/h2-22H,1H3/q+3. The Kier molecular flexibility index (Phi) is 3.67. The second-order valence-corrected chi connectivity index (χ2v) is 14.1. The van der Waals surface area contributed by atoms with Crippen molar-refractivity contribution in [2.24, 2.45) is 7.05 Å². The number of ether oxygens (including phenoxy) is 1. The summed E-state index contributed by atoms with van der Waals surface area (Å²) < 4.78 is 16.9. The van der Waals surface area contributed by atoms with Crippen LogP contribution in [-0.2, 0) is 12.5 Å². The molecule has 8 nitrogen and oxygen atoms in total. The van der Waals surface area contributed by atoms with E-state index in [0.29, 0.717) is 0 Å². The van der Waals surface area contributed by atoms with E-state index in [2.05, 4.69) is 146 Å². The number of aromatic nitrogens is 6. The lowest BCUT2D eigenvalue weighted by Gasteiger charge is -2.41. The van der Waals surface area contributed by atoms with E-state index in [1.165, 1.54) is 55.4 Å². The van der Waals surface area contributed by atoms with Gasteiger partial charge in [0.1, 0.15) is 11.1 Å². The van der Waals surface area contributed by atoms with E-state index in [0.717, 1.165) is 51.1 Å². The summed E-state index contributed by atoms with van der Waals surface area (Å²) in [5.74, 6) is 2.74. The Balaban J connectivity index is 1.32. The number of benzene rings is 5. The average Bonchev–Trinajstić information content (AvgIpc) is 3.86. The van der Waals surface area contributed by atoms with Crippen LogP contribution in [0.4, 0.5) is 11.4 Å². The van der Waals surface area contributed by atoms with Crippen molar-refractivity contribution in [1.82, 2.24) is 23.8 Å². The lowest BCUT2D eigenvalue weighted by atomic mass is 9.65. The predicted molar refractivity (Wildman–Crippen MR) is 188 cm³/mol. The minimum absolute atomic E-state index is 0.260. The monoisotopic (exact) mass is 642 g/mol. The van der Waals surface area contributed by atoms with E-state index in [1.807, 2.05) is 6.20 Å². The van der Waals surface area contributed by atoms with Crippen molar-refractivity contribution in [3.8, 4) is 39.7 Å². The highest BCUT2D eigenvalue weighted by molar-refractivity contribution is 6.12. The molecule has 14 rings (SSSR count). The van der Waals surface area contributed by atoms with Crippen LogP contribution < -0.4 is 18.8 Å². The summed E-state index contributed by atoms with van der Waals surface area (Å²) >= 11 is 0. The summed E-state index contributed by atoms with van der Waals surface area (Å²) in [7, 11) is 2.12. The Morgan fingerprint density at radius 1 is 0.700 bits per heavy atom. The normalized spacial score (nSPS) is 18.1. The first-order valence-electron chi connectivity index (χ1n) is 17.0. The molecule has 0 fully saturated rings. The largest absolute Gasteiger partial charge is 0.444 e. The Labute approximate surface area is 284 Å². The van der Waals surface area contributed by atoms with E-state index in [4.69, 9.17) is 9.72 Å². The summed E-state index contributed by atoms with van der Waals surface area (Å²) in [5, 5.41) is 2.46. The van der Waals surface area contributed by atoms with Gasteiger partial charge >= 0.3 is 22.8 Å². The van der Waals surface area contributed by atoms with Crippen LogP contribution in [0.5, 0.6) is 11.5 Å². The van der Waals surface area contributed by atoms with Crippen molar-refractivity contribution >= 4 is 44.5 Å². The first kappa shape index (κ1) is 24.5. The van der Waals surface area contributed by atoms with Crippen LogP contribution in [0.25, 0.3) is 61.3 Å². The van der Waals surface area contributed by atoms with E-state index in [1.54, 1.807) is 6.33 Å². The fraction of sp³-hybridized carbons (Fsp3) is 0.0476. The van der Waals surface area contributed by atoms with E-state index >= 15 is 0 Å². The topological polar surface area (TPSA) is 52.6 Å². The summed E-state index contributed by atoms with van der Waals surface area (Å²) in [6.45, 7) is 0. The third-order valence-electron chi connectivity index (χ3n) is 12.2. The third-order valence-corrected chi connectivity index (χ3v) is 12.2. The Bertz CT molecular complexity index is 3120. The Morgan fingerprint density at radius 3 is 2.30 bits per heavy atom. The molecule has 1 atom stereocenters.